The third kappa shape index (κ3) is 8.14. The molecule has 0 aliphatic carbocycles. The molecule has 7 heteroatoms. The van der Waals surface area contributed by atoms with Crippen LogP contribution >= 0.6 is 0 Å². The van der Waals surface area contributed by atoms with Crippen molar-refractivity contribution in [2.75, 3.05) is 38.9 Å². The molecule has 0 saturated carbocycles. The highest BCUT2D eigenvalue weighted by atomic mass is 16.6. The molecule has 0 unspecified atom stereocenters. The number of esters is 1. The quantitative estimate of drug-likeness (QED) is 0.308. The number of nitrogens with one attached hydrogen (secondary N) is 1. The van der Waals surface area contributed by atoms with Crippen LogP contribution in [0.3, 0.4) is 0 Å². The lowest BCUT2D eigenvalue weighted by molar-refractivity contribution is -0.111. The maximum absolute atomic E-state index is 12.2. The number of anilines is 1. The van der Waals surface area contributed by atoms with Crippen LogP contribution in [0.4, 0.5) is 5.69 Å². The normalized spacial score (nSPS) is 10.7. The summed E-state index contributed by atoms with van der Waals surface area (Å²) in [6.45, 7) is 5.66. The molecular weight excluding hydrogens is 398 g/mol. The molecule has 0 aromatic heterocycles. The van der Waals surface area contributed by atoms with Gasteiger partial charge in [-0.2, -0.15) is 0 Å². The predicted octanol–water partition coefficient (Wildman–Crippen LogP) is 4.33. The lowest BCUT2D eigenvalue weighted by Gasteiger charge is -2.10. The van der Waals surface area contributed by atoms with E-state index in [9.17, 15) is 9.59 Å². The summed E-state index contributed by atoms with van der Waals surface area (Å²) in [5, 5.41) is 2.75. The molecule has 0 aliphatic heterocycles. The van der Waals surface area contributed by atoms with E-state index >= 15 is 0 Å². The van der Waals surface area contributed by atoms with Crippen molar-refractivity contribution in [3.05, 3.63) is 59.7 Å². The molecule has 1 N–H and O–H groups in total. The minimum atomic E-state index is -0.433. The number of rotatable bonds is 12. The second-order valence-electron chi connectivity index (χ2n) is 6.49. The van der Waals surface area contributed by atoms with Gasteiger partial charge in [-0.1, -0.05) is 13.0 Å². The average Bonchev–Trinajstić information content (AvgIpc) is 2.79. The van der Waals surface area contributed by atoms with Crippen LogP contribution in [0.2, 0.25) is 0 Å². The summed E-state index contributed by atoms with van der Waals surface area (Å²) < 4.78 is 21.2. The highest BCUT2D eigenvalue weighted by molar-refractivity contribution is 6.02. The molecular formula is C24H29NO6. The van der Waals surface area contributed by atoms with E-state index in [1.807, 2.05) is 26.0 Å². The monoisotopic (exact) mass is 427 g/mol. The van der Waals surface area contributed by atoms with E-state index in [4.69, 9.17) is 18.9 Å². The fourth-order valence-corrected chi connectivity index (χ4v) is 2.59. The topological polar surface area (TPSA) is 83.1 Å². The van der Waals surface area contributed by atoms with E-state index in [0.29, 0.717) is 42.6 Å². The Labute approximate surface area is 183 Å². The first-order valence-corrected chi connectivity index (χ1v) is 10.2. The molecule has 0 fully saturated rings. The number of carbonyl (C=O) groups excluding carboxylic acids is 2. The molecule has 0 saturated heterocycles. The van der Waals surface area contributed by atoms with Gasteiger partial charge >= 0.3 is 5.97 Å². The Morgan fingerprint density at radius 1 is 0.968 bits per heavy atom. The van der Waals surface area contributed by atoms with E-state index in [2.05, 4.69) is 5.32 Å². The highest BCUT2D eigenvalue weighted by Gasteiger charge is 2.08. The predicted molar refractivity (Wildman–Crippen MR) is 120 cm³/mol. The van der Waals surface area contributed by atoms with E-state index in [1.54, 1.807) is 43.5 Å². The number of amides is 1. The van der Waals surface area contributed by atoms with Crippen LogP contribution in [0, 0.1) is 0 Å². The molecule has 0 atom stereocenters. The number of carbonyl (C=O) groups is 2. The van der Waals surface area contributed by atoms with E-state index in [-0.39, 0.29) is 12.5 Å². The van der Waals surface area contributed by atoms with Gasteiger partial charge < -0.3 is 24.3 Å². The third-order valence-electron chi connectivity index (χ3n) is 4.13. The molecule has 0 radical (unpaired) electrons. The van der Waals surface area contributed by atoms with Gasteiger partial charge in [0.05, 0.1) is 25.9 Å². The summed E-state index contributed by atoms with van der Waals surface area (Å²) in [7, 11) is 1.58. The van der Waals surface area contributed by atoms with Crippen LogP contribution in [0.25, 0.3) is 6.08 Å². The van der Waals surface area contributed by atoms with Crippen LogP contribution in [-0.4, -0.2) is 45.4 Å². The maximum atomic E-state index is 12.2. The highest BCUT2D eigenvalue weighted by Crippen LogP contribution is 2.28. The Morgan fingerprint density at radius 3 is 2.42 bits per heavy atom. The summed E-state index contributed by atoms with van der Waals surface area (Å²) in [4.78, 5) is 24.2. The van der Waals surface area contributed by atoms with Gasteiger partial charge in [0, 0.05) is 18.4 Å². The van der Waals surface area contributed by atoms with Crippen molar-refractivity contribution in [2.24, 2.45) is 0 Å². The molecule has 0 aliphatic rings. The maximum Gasteiger partial charge on any atom is 0.338 e. The Morgan fingerprint density at radius 2 is 1.74 bits per heavy atom. The van der Waals surface area contributed by atoms with Gasteiger partial charge in [-0.05, 0) is 61.4 Å². The minimum absolute atomic E-state index is 0.201. The lowest BCUT2D eigenvalue weighted by atomic mass is 10.2. The fraction of sp³-hybridized carbons (Fsp3) is 0.333. The Bertz CT molecular complexity index is 876. The van der Waals surface area contributed by atoms with Crippen molar-refractivity contribution in [1.82, 2.24) is 0 Å². The molecule has 31 heavy (non-hydrogen) atoms. The van der Waals surface area contributed by atoms with Gasteiger partial charge in [-0.15, -0.1) is 0 Å². The lowest BCUT2D eigenvalue weighted by Crippen LogP contribution is -2.11. The molecule has 0 heterocycles. The Balaban J connectivity index is 1.90. The number of ether oxygens (including phenoxy) is 4. The van der Waals surface area contributed by atoms with Crippen molar-refractivity contribution < 1.29 is 28.5 Å². The average molecular weight is 427 g/mol. The molecule has 2 aromatic carbocycles. The van der Waals surface area contributed by atoms with Crippen LogP contribution in [0.1, 0.15) is 36.2 Å². The van der Waals surface area contributed by atoms with E-state index < -0.39 is 5.97 Å². The molecule has 166 valence electrons. The van der Waals surface area contributed by atoms with Crippen LogP contribution in [-0.2, 0) is 14.3 Å². The van der Waals surface area contributed by atoms with Crippen molar-refractivity contribution in [2.45, 2.75) is 20.3 Å². The Hall–Kier alpha value is -3.32. The largest absolute Gasteiger partial charge is 0.493 e. The SMILES string of the molecule is CCCOc1ccc(/C=C/C(=O)Nc2ccc(C(=O)OCCOCC)cc2)cc1OC. The van der Waals surface area contributed by atoms with Crippen molar-refractivity contribution >= 4 is 23.6 Å². The zero-order valence-electron chi connectivity index (χ0n) is 18.2. The zero-order chi connectivity index (χ0) is 22.5. The van der Waals surface area contributed by atoms with Gasteiger partial charge in [0.15, 0.2) is 11.5 Å². The molecule has 1 amide bonds. The summed E-state index contributed by atoms with van der Waals surface area (Å²) in [5.41, 5.74) is 1.78. The van der Waals surface area contributed by atoms with Crippen molar-refractivity contribution in [1.29, 1.82) is 0 Å². The minimum Gasteiger partial charge on any atom is -0.493 e. The zero-order valence-corrected chi connectivity index (χ0v) is 18.2. The van der Waals surface area contributed by atoms with E-state index in [0.717, 1.165) is 12.0 Å². The van der Waals surface area contributed by atoms with Crippen molar-refractivity contribution in [3.63, 3.8) is 0 Å². The van der Waals surface area contributed by atoms with Crippen molar-refractivity contribution in [3.8, 4) is 11.5 Å². The molecule has 0 bridgehead atoms. The number of hydrogen-bond acceptors (Lipinski definition) is 6. The number of methoxy groups -OCH3 is 1. The first-order valence-electron chi connectivity index (χ1n) is 10.2. The summed E-state index contributed by atoms with van der Waals surface area (Å²) in [5.74, 6) is 0.553. The van der Waals surface area contributed by atoms with Gasteiger partial charge in [0.2, 0.25) is 5.91 Å². The summed E-state index contributed by atoms with van der Waals surface area (Å²) >= 11 is 0. The second kappa shape index (κ2) is 13.1. The number of hydrogen-bond donors (Lipinski definition) is 1. The molecule has 0 spiro atoms. The second-order valence-corrected chi connectivity index (χ2v) is 6.49. The first-order chi connectivity index (χ1) is 15.1. The first kappa shape index (κ1) is 24.0. The van der Waals surface area contributed by atoms with Crippen LogP contribution in [0.15, 0.2) is 48.5 Å². The van der Waals surface area contributed by atoms with Crippen LogP contribution < -0.4 is 14.8 Å². The van der Waals surface area contributed by atoms with Gasteiger partial charge in [-0.25, -0.2) is 4.79 Å². The standard InChI is InChI=1S/C24H29NO6/c1-4-14-30-21-12-6-18(17-22(21)28-3)7-13-23(26)25-20-10-8-19(9-11-20)24(27)31-16-15-29-5-2/h6-13,17H,4-5,14-16H2,1-3H3,(H,25,26)/b13-7+. The smallest absolute Gasteiger partial charge is 0.338 e. The van der Waals surface area contributed by atoms with E-state index in [1.165, 1.54) is 6.08 Å². The summed E-state index contributed by atoms with van der Waals surface area (Å²) in [6, 6.07) is 12.0. The third-order valence-corrected chi connectivity index (χ3v) is 4.13. The molecule has 7 nitrogen and oxygen atoms in total. The summed E-state index contributed by atoms with van der Waals surface area (Å²) in [6.07, 6.45) is 4.02. The van der Waals surface area contributed by atoms with Gasteiger partial charge in [0.25, 0.3) is 0 Å². The molecule has 2 aromatic rings. The van der Waals surface area contributed by atoms with Crippen LogP contribution in [0.5, 0.6) is 11.5 Å². The number of benzene rings is 2. The van der Waals surface area contributed by atoms with Gasteiger partial charge in [-0.3, -0.25) is 4.79 Å². The Kier molecular flexibility index (Phi) is 10.1. The fourth-order valence-electron chi connectivity index (χ4n) is 2.59. The van der Waals surface area contributed by atoms with Gasteiger partial charge in [0.1, 0.15) is 6.61 Å². The molecule has 2 rings (SSSR count).